The van der Waals surface area contributed by atoms with E-state index in [1.165, 1.54) is 0 Å². The first-order valence-electron chi connectivity index (χ1n) is 14.7. The van der Waals surface area contributed by atoms with Gasteiger partial charge in [0, 0.05) is 36.4 Å². The normalized spacial score (nSPS) is 47.0. The maximum atomic E-state index is 13.5. The second kappa shape index (κ2) is 8.64. The van der Waals surface area contributed by atoms with Crippen molar-refractivity contribution in [2.45, 2.75) is 115 Å². The number of aliphatic hydroxyl groups excluding tert-OH is 1. The first-order valence-corrected chi connectivity index (χ1v) is 14.7. The van der Waals surface area contributed by atoms with Crippen LogP contribution in [-0.4, -0.2) is 63.8 Å². The molecular weight excluding hydrogens is 454 g/mol. The van der Waals surface area contributed by atoms with Crippen LogP contribution in [0.15, 0.2) is 11.6 Å². The Morgan fingerprint density at radius 2 is 1.89 bits per heavy atom. The molecule has 0 aromatic rings. The highest BCUT2D eigenvalue weighted by Gasteiger charge is 2.67. The summed E-state index contributed by atoms with van der Waals surface area (Å²) < 4.78 is 5.94. The van der Waals surface area contributed by atoms with Crippen molar-refractivity contribution in [2.75, 3.05) is 13.2 Å². The van der Waals surface area contributed by atoms with Gasteiger partial charge in [-0.15, -0.1) is 0 Å². The van der Waals surface area contributed by atoms with Crippen LogP contribution in [0, 0.1) is 34.5 Å². The van der Waals surface area contributed by atoms with E-state index in [0.717, 1.165) is 70.0 Å². The Bertz CT molecular complexity index is 953. The molecule has 36 heavy (non-hydrogen) atoms. The monoisotopic (exact) mass is 499 g/mol. The van der Waals surface area contributed by atoms with E-state index >= 15 is 0 Å². The summed E-state index contributed by atoms with van der Waals surface area (Å²) in [5.41, 5.74) is -0.600. The molecule has 5 aliphatic carbocycles. The quantitative estimate of drug-likeness (QED) is 0.597. The highest BCUT2D eigenvalue weighted by atomic mass is 16.5. The van der Waals surface area contributed by atoms with E-state index < -0.39 is 11.7 Å². The Kier molecular flexibility index (Phi) is 6.01. The summed E-state index contributed by atoms with van der Waals surface area (Å²) in [5.74, 6) is 0.764. The van der Waals surface area contributed by atoms with Crippen LogP contribution in [0.2, 0.25) is 0 Å². The number of rotatable bonds is 5. The van der Waals surface area contributed by atoms with Gasteiger partial charge in [0.1, 0.15) is 0 Å². The Morgan fingerprint density at radius 3 is 2.58 bits per heavy atom. The molecule has 0 radical (unpaired) electrons. The van der Waals surface area contributed by atoms with E-state index in [4.69, 9.17) is 4.74 Å². The number of fused-ring (bicyclic) bond motifs is 5. The summed E-state index contributed by atoms with van der Waals surface area (Å²) in [4.78, 5) is 29.0. The summed E-state index contributed by atoms with van der Waals surface area (Å²) in [5, 5.41) is 22.8. The van der Waals surface area contributed by atoms with Crippen molar-refractivity contribution in [1.29, 1.82) is 0 Å². The summed E-state index contributed by atoms with van der Waals surface area (Å²) in [6, 6.07) is 0.0333. The number of ketones is 1. The average molecular weight is 500 g/mol. The van der Waals surface area contributed by atoms with Crippen molar-refractivity contribution in [3.63, 3.8) is 0 Å². The summed E-state index contributed by atoms with van der Waals surface area (Å²) in [7, 11) is 0. The Balaban J connectivity index is 1.30. The van der Waals surface area contributed by atoms with Gasteiger partial charge in [-0.2, -0.15) is 0 Å². The van der Waals surface area contributed by atoms with Crippen molar-refractivity contribution in [3.8, 4) is 0 Å². The largest absolute Gasteiger partial charge is 0.393 e. The minimum absolute atomic E-state index is 0.0333. The van der Waals surface area contributed by atoms with Gasteiger partial charge < -0.3 is 19.8 Å². The molecule has 200 valence electrons. The van der Waals surface area contributed by atoms with Crippen LogP contribution in [0.1, 0.15) is 91.4 Å². The molecule has 5 fully saturated rings. The molecule has 1 aliphatic heterocycles. The molecule has 0 bridgehead atoms. The fraction of sp³-hybridized carbons (Fsp3) is 0.867. The minimum Gasteiger partial charge on any atom is -0.393 e. The van der Waals surface area contributed by atoms with Gasteiger partial charge in [-0.25, -0.2) is 0 Å². The molecule has 2 N–H and O–H groups in total. The molecule has 4 saturated carbocycles. The summed E-state index contributed by atoms with van der Waals surface area (Å²) >= 11 is 0. The average Bonchev–Trinajstić information content (AvgIpc) is 3.49. The predicted molar refractivity (Wildman–Crippen MR) is 136 cm³/mol. The van der Waals surface area contributed by atoms with E-state index in [1.54, 1.807) is 6.08 Å². The van der Waals surface area contributed by atoms with Crippen molar-refractivity contribution in [1.82, 2.24) is 4.90 Å². The number of nitrogens with zero attached hydrogens (tertiary/aromatic N) is 1. The summed E-state index contributed by atoms with van der Waals surface area (Å²) in [6.07, 6.45) is 11.1. The smallest absolute Gasteiger partial charge is 0.226 e. The summed E-state index contributed by atoms with van der Waals surface area (Å²) in [6.45, 7) is 8.10. The van der Waals surface area contributed by atoms with E-state index in [1.807, 2.05) is 0 Å². The lowest BCUT2D eigenvalue weighted by Gasteiger charge is -2.60. The standard InChI is InChI=1S/C30H45NO5/c1-18(31(27(34)19-6-7-19)17-21-5-4-14-36-21)22-10-13-30(35)24-16-26(33)25-15-20(32)8-11-28(25,2)23(24)9-12-29(22,30)3/h16,18-23,25,32,35H,4-15,17H2,1-3H3/t18?,20?,21?,22?,23?,25?,28?,29?,30-/m1/s1. The fourth-order valence-corrected chi connectivity index (χ4v) is 9.38. The number of amides is 1. The van der Waals surface area contributed by atoms with Gasteiger partial charge in [0.2, 0.25) is 5.91 Å². The van der Waals surface area contributed by atoms with Gasteiger partial charge in [0.05, 0.1) is 17.8 Å². The molecule has 6 aliphatic rings. The van der Waals surface area contributed by atoms with Crippen LogP contribution < -0.4 is 0 Å². The zero-order valence-corrected chi connectivity index (χ0v) is 22.4. The molecule has 0 aromatic heterocycles. The molecular formula is C30H45NO5. The lowest BCUT2D eigenvalue weighted by Crippen LogP contribution is -2.60. The zero-order valence-electron chi connectivity index (χ0n) is 22.4. The third-order valence-electron chi connectivity index (χ3n) is 11.9. The minimum atomic E-state index is -1.01. The number of carbonyl (C=O) groups excluding carboxylic acids is 2. The van der Waals surface area contributed by atoms with Crippen molar-refractivity contribution in [3.05, 3.63) is 11.6 Å². The predicted octanol–water partition coefficient (Wildman–Crippen LogP) is 4.03. The Labute approximate surface area is 215 Å². The van der Waals surface area contributed by atoms with Crippen molar-refractivity contribution < 1.29 is 24.5 Å². The molecule has 1 amide bonds. The SMILES string of the molecule is CC(C1CC[C@@]2(O)C3=CC(=O)C4CC(O)CCC4(C)C3CCC12C)N(CC1CCCO1)C(=O)C1CC1. The van der Waals surface area contributed by atoms with Crippen LogP contribution in [0.3, 0.4) is 0 Å². The maximum Gasteiger partial charge on any atom is 0.226 e. The third-order valence-corrected chi connectivity index (χ3v) is 11.9. The number of carbonyl (C=O) groups is 2. The molecule has 0 spiro atoms. The van der Waals surface area contributed by atoms with E-state index in [9.17, 15) is 19.8 Å². The Morgan fingerprint density at radius 1 is 1.11 bits per heavy atom. The molecule has 0 aromatic carbocycles. The molecule has 6 nitrogen and oxygen atoms in total. The maximum absolute atomic E-state index is 13.5. The number of allylic oxidation sites excluding steroid dienone is 1. The number of aliphatic hydroxyl groups is 2. The lowest BCUT2D eigenvalue weighted by molar-refractivity contribution is -0.146. The van der Waals surface area contributed by atoms with Crippen LogP contribution in [-0.2, 0) is 14.3 Å². The van der Waals surface area contributed by atoms with Gasteiger partial charge in [-0.05, 0) is 106 Å². The number of hydrogen-bond donors (Lipinski definition) is 2. The first-order chi connectivity index (χ1) is 17.1. The van der Waals surface area contributed by atoms with E-state index in [-0.39, 0.29) is 58.3 Å². The third kappa shape index (κ3) is 3.60. The molecule has 1 saturated heterocycles. The van der Waals surface area contributed by atoms with Crippen LogP contribution >= 0.6 is 0 Å². The van der Waals surface area contributed by atoms with Crippen LogP contribution in [0.4, 0.5) is 0 Å². The van der Waals surface area contributed by atoms with Crippen LogP contribution in [0.25, 0.3) is 0 Å². The second-order valence-corrected chi connectivity index (χ2v) is 13.6. The highest BCUT2D eigenvalue weighted by molar-refractivity contribution is 5.95. The molecule has 9 atom stereocenters. The molecule has 6 heteroatoms. The molecule has 1 heterocycles. The molecule has 8 unspecified atom stereocenters. The van der Waals surface area contributed by atoms with Crippen molar-refractivity contribution >= 4 is 11.7 Å². The highest BCUT2D eigenvalue weighted by Crippen LogP contribution is 2.67. The van der Waals surface area contributed by atoms with Gasteiger partial charge >= 0.3 is 0 Å². The van der Waals surface area contributed by atoms with Gasteiger partial charge in [-0.1, -0.05) is 13.8 Å². The van der Waals surface area contributed by atoms with Gasteiger partial charge in [0.25, 0.3) is 0 Å². The topological polar surface area (TPSA) is 87.1 Å². The van der Waals surface area contributed by atoms with E-state index in [0.29, 0.717) is 19.4 Å². The fourth-order valence-electron chi connectivity index (χ4n) is 9.38. The van der Waals surface area contributed by atoms with Gasteiger partial charge in [-0.3, -0.25) is 9.59 Å². The zero-order chi connectivity index (χ0) is 25.5. The first kappa shape index (κ1) is 25.1. The van der Waals surface area contributed by atoms with Gasteiger partial charge in [0.15, 0.2) is 5.78 Å². The van der Waals surface area contributed by atoms with Crippen LogP contribution in [0.5, 0.6) is 0 Å². The number of hydrogen-bond acceptors (Lipinski definition) is 5. The number of ether oxygens (including phenoxy) is 1. The lowest BCUT2D eigenvalue weighted by atomic mass is 9.46. The molecule has 6 rings (SSSR count). The Hall–Kier alpha value is -1.24. The van der Waals surface area contributed by atoms with E-state index in [2.05, 4.69) is 25.7 Å². The second-order valence-electron chi connectivity index (χ2n) is 13.6. The van der Waals surface area contributed by atoms with Crippen molar-refractivity contribution in [2.24, 2.45) is 34.5 Å².